The van der Waals surface area contributed by atoms with Crippen molar-refractivity contribution < 1.29 is 41.4 Å². The fourth-order valence-electron chi connectivity index (χ4n) is 6.22. The molecule has 0 bridgehead atoms. The summed E-state index contributed by atoms with van der Waals surface area (Å²) in [4.78, 5) is 0. The molecule has 0 amide bonds. The zero-order valence-corrected chi connectivity index (χ0v) is 33.7. The van der Waals surface area contributed by atoms with Crippen molar-refractivity contribution in [1.82, 2.24) is 4.57 Å². The maximum atomic E-state index is 14.8. The number of aryl methyl sites for hydroxylation is 1. The monoisotopic (exact) mass is 743 g/mol. The summed E-state index contributed by atoms with van der Waals surface area (Å²) >= 11 is 0. The van der Waals surface area contributed by atoms with E-state index >= 15 is 0 Å². The van der Waals surface area contributed by atoms with E-state index in [1.165, 1.54) is 0 Å². The highest BCUT2D eigenvalue weighted by atomic mass is 31.2. The number of methoxy groups -OCH3 is 3. The highest BCUT2D eigenvalue weighted by Gasteiger charge is 2.52. The van der Waals surface area contributed by atoms with Crippen LogP contribution in [0.15, 0.2) is 66.7 Å². The summed E-state index contributed by atoms with van der Waals surface area (Å²) in [5, 5.41) is -0.164. The van der Waals surface area contributed by atoms with Gasteiger partial charge in [0.25, 0.3) is 0 Å². The Balaban J connectivity index is 1.92. The topological polar surface area (TPSA) is 104 Å². The molecule has 1 aromatic heterocycles. The van der Waals surface area contributed by atoms with E-state index in [4.69, 9.17) is 32.3 Å². The minimum Gasteiger partial charge on any atom is -0.497 e. The van der Waals surface area contributed by atoms with Crippen molar-refractivity contribution in [1.29, 1.82) is 0 Å². The van der Waals surface area contributed by atoms with E-state index in [1.54, 1.807) is 76.7 Å². The van der Waals surface area contributed by atoms with Crippen molar-refractivity contribution in [3.8, 4) is 39.6 Å². The average Bonchev–Trinajstić information content (AvgIpc) is 3.38. The predicted molar refractivity (Wildman–Crippen MR) is 206 cm³/mol. The van der Waals surface area contributed by atoms with Gasteiger partial charge in [0.15, 0.2) is 5.40 Å². The second-order valence-electron chi connectivity index (χ2n) is 13.5. The first-order chi connectivity index (χ1) is 24.1. The molecule has 0 spiro atoms. The third-order valence-electron chi connectivity index (χ3n) is 8.02. The maximum absolute atomic E-state index is 14.8. The Morgan fingerprint density at radius 3 is 1.39 bits per heavy atom. The Kier molecular flexibility index (Phi) is 14.0. The van der Waals surface area contributed by atoms with Crippen molar-refractivity contribution in [3.05, 3.63) is 66.7 Å². The lowest BCUT2D eigenvalue weighted by Gasteiger charge is -2.35. The first kappa shape index (κ1) is 40.7. The predicted octanol–water partition coefficient (Wildman–Crippen LogP) is 11.2. The molecule has 51 heavy (non-hydrogen) atoms. The maximum Gasteiger partial charge on any atom is 0.346 e. The van der Waals surface area contributed by atoms with Gasteiger partial charge in [-0.2, -0.15) is 0 Å². The highest BCUT2D eigenvalue weighted by Crippen LogP contribution is 2.73. The molecule has 4 rings (SSSR count). The van der Waals surface area contributed by atoms with Gasteiger partial charge in [-0.05, 0) is 134 Å². The van der Waals surface area contributed by atoms with E-state index in [0.717, 1.165) is 50.5 Å². The summed E-state index contributed by atoms with van der Waals surface area (Å²) in [6.45, 7) is 14.8. The van der Waals surface area contributed by atoms with Crippen LogP contribution in [0.3, 0.4) is 0 Å². The lowest BCUT2D eigenvalue weighted by molar-refractivity contribution is 0.121. The molecule has 4 aromatic rings. The number of hydrogen-bond acceptors (Lipinski definition) is 9. The van der Waals surface area contributed by atoms with Crippen LogP contribution in [0.5, 0.6) is 17.2 Å². The van der Waals surface area contributed by atoms with Gasteiger partial charge >= 0.3 is 15.2 Å². The molecule has 3 aromatic carbocycles. The van der Waals surface area contributed by atoms with Gasteiger partial charge in [0.05, 0.1) is 51.4 Å². The van der Waals surface area contributed by atoms with E-state index in [0.29, 0.717) is 13.0 Å². The van der Waals surface area contributed by atoms with Gasteiger partial charge in [-0.25, -0.2) is 0 Å². The van der Waals surface area contributed by atoms with E-state index < -0.39 is 45.0 Å². The first-order valence-corrected chi connectivity index (χ1v) is 20.8. The van der Waals surface area contributed by atoms with Gasteiger partial charge in [0.2, 0.25) is 0 Å². The van der Waals surface area contributed by atoms with Crippen molar-refractivity contribution in [2.24, 2.45) is 0 Å². The van der Waals surface area contributed by atoms with Crippen LogP contribution in [0.1, 0.15) is 68.2 Å². The molecule has 0 saturated heterocycles. The molecule has 0 aliphatic heterocycles. The number of rotatable bonds is 19. The summed E-state index contributed by atoms with van der Waals surface area (Å²) in [5.74, 6) is 2.23. The SMILES string of the molecule is COc1ccc(-c2c(-c3ccc(OC)cc3)n(CCCC(P(=O)(OC(C)C)OC(C)C)P(=O)(OC(C)C)OC(C)C)c3ccc(OC)cc23)cc1. The Labute approximate surface area is 303 Å². The number of aromatic nitrogens is 1. The van der Waals surface area contributed by atoms with Crippen molar-refractivity contribution >= 4 is 26.1 Å². The minimum atomic E-state index is -4.05. The Morgan fingerprint density at radius 2 is 0.980 bits per heavy atom. The lowest BCUT2D eigenvalue weighted by atomic mass is 9.98. The van der Waals surface area contributed by atoms with E-state index in [2.05, 4.69) is 10.6 Å². The summed E-state index contributed by atoms with van der Waals surface area (Å²) in [6, 6.07) is 22.0. The largest absolute Gasteiger partial charge is 0.497 e. The molecule has 0 saturated carbocycles. The fourth-order valence-corrected chi connectivity index (χ4v) is 12.3. The molecule has 0 radical (unpaired) electrons. The van der Waals surface area contributed by atoms with Crippen LogP contribution < -0.4 is 14.2 Å². The van der Waals surface area contributed by atoms with Crippen molar-refractivity contribution in [3.63, 3.8) is 0 Å². The van der Waals surface area contributed by atoms with Gasteiger partial charge in [-0.1, -0.05) is 12.1 Å². The summed E-state index contributed by atoms with van der Waals surface area (Å²) in [5.41, 5.74) is 4.94. The standard InChI is InChI=1S/C39H55NO9P2/c1-26(2)46-50(41,47-27(3)4)37(51(42,48-28(5)6)49-29(7)8)13-12-24-40-36-23-22-34(45-11)25-35(36)38(30-14-18-32(43-9)19-15-30)39(40)31-16-20-33(44-10)21-17-31/h14-23,25-29,37H,12-13,24H2,1-11H3. The number of hydrogen-bond donors (Lipinski definition) is 0. The first-order valence-electron chi connectivity index (χ1n) is 17.6. The number of fused-ring (bicyclic) bond motifs is 1. The molecule has 10 nitrogen and oxygen atoms in total. The molecule has 280 valence electrons. The normalized spacial score (nSPS) is 12.6. The molecule has 0 atom stereocenters. The highest BCUT2D eigenvalue weighted by molar-refractivity contribution is 7.72. The zero-order valence-electron chi connectivity index (χ0n) is 31.9. The molecular formula is C39H55NO9P2. The van der Waals surface area contributed by atoms with Gasteiger partial charge < -0.3 is 36.9 Å². The summed E-state index contributed by atoms with van der Waals surface area (Å²) in [6.07, 6.45) is -1.20. The number of nitrogens with zero attached hydrogens (tertiary/aromatic N) is 1. The molecule has 0 aliphatic carbocycles. The van der Waals surface area contributed by atoms with E-state index in [-0.39, 0.29) is 6.42 Å². The Morgan fingerprint density at radius 1 is 0.569 bits per heavy atom. The zero-order chi connectivity index (χ0) is 37.5. The van der Waals surface area contributed by atoms with Crippen LogP contribution in [0.2, 0.25) is 0 Å². The Hall–Kier alpha value is -3.10. The van der Waals surface area contributed by atoms with Gasteiger partial charge in [-0.3, -0.25) is 9.13 Å². The molecular weight excluding hydrogens is 688 g/mol. The fraction of sp³-hybridized carbons (Fsp3) is 0.487. The van der Waals surface area contributed by atoms with Crippen LogP contribution in [-0.4, -0.2) is 55.7 Å². The third-order valence-corrected chi connectivity index (χ3v) is 14.6. The number of ether oxygens (including phenoxy) is 3. The van der Waals surface area contributed by atoms with Crippen LogP contribution in [0.25, 0.3) is 33.3 Å². The summed E-state index contributed by atoms with van der Waals surface area (Å²) in [7, 11) is -3.15. The second-order valence-corrected chi connectivity index (χ2v) is 18.2. The molecule has 0 N–H and O–H groups in total. The van der Waals surface area contributed by atoms with Crippen molar-refractivity contribution in [2.45, 2.75) is 105 Å². The van der Waals surface area contributed by atoms with Crippen LogP contribution in [0, 0.1) is 0 Å². The third kappa shape index (κ3) is 9.87. The second kappa shape index (κ2) is 17.6. The molecule has 0 fully saturated rings. The quantitative estimate of drug-likeness (QED) is 0.0868. The minimum absolute atomic E-state index is 0.184. The smallest absolute Gasteiger partial charge is 0.346 e. The van der Waals surface area contributed by atoms with Gasteiger partial charge in [0, 0.05) is 23.0 Å². The van der Waals surface area contributed by atoms with Crippen LogP contribution in [-0.2, 0) is 33.8 Å². The average molecular weight is 744 g/mol. The summed E-state index contributed by atoms with van der Waals surface area (Å²) < 4.78 is 72.9. The molecule has 1 heterocycles. The molecule has 0 aliphatic rings. The van der Waals surface area contributed by atoms with Crippen LogP contribution in [0.4, 0.5) is 0 Å². The Bertz CT molecular complexity index is 1750. The van der Waals surface area contributed by atoms with Gasteiger partial charge in [-0.15, -0.1) is 0 Å². The number of benzene rings is 3. The van der Waals surface area contributed by atoms with Crippen molar-refractivity contribution in [2.75, 3.05) is 21.3 Å². The van der Waals surface area contributed by atoms with E-state index in [9.17, 15) is 9.13 Å². The van der Waals surface area contributed by atoms with Crippen LogP contribution >= 0.6 is 15.2 Å². The van der Waals surface area contributed by atoms with Gasteiger partial charge in [0.1, 0.15) is 17.2 Å². The van der Waals surface area contributed by atoms with E-state index in [1.807, 2.05) is 60.7 Å². The molecule has 12 heteroatoms. The lowest BCUT2D eigenvalue weighted by Crippen LogP contribution is -2.24. The molecule has 0 unspecified atom stereocenters.